The Hall–Kier alpha value is -1.09. The normalized spacial score (nSPS) is 24.4. The SMILES string of the molecule is CC1CC1NC(=O)c1ccncc1Cl. The fraction of sp³-hybridized carbons (Fsp3) is 0.400. The lowest BCUT2D eigenvalue weighted by Gasteiger charge is -2.04. The van der Waals surface area contributed by atoms with Crippen molar-refractivity contribution in [2.24, 2.45) is 5.92 Å². The molecule has 2 unspecified atom stereocenters. The number of carbonyl (C=O) groups is 1. The van der Waals surface area contributed by atoms with Crippen molar-refractivity contribution in [1.29, 1.82) is 0 Å². The van der Waals surface area contributed by atoms with Crippen molar-refractivity contribution in [2.75, 3.05) is 0 Å². The van der Waals surface area contributed by atoms with Gasteiger partial charge in [0.1, 0.15) is 0 Å². The lowest BCUT2D eigenvalue weighted by molar-refractivity contribution is 0.0949. The van der Waals surface area contributed by atoms with Gasteiger partial charge in [0, 0.05) is 18.4 Å². The van der Waals surface area contributed by atoms with Gasteiger partial charge in [-0.05, 0) is 18.4 Å². The predicted octanol–water partition coefficient (Wildman–Crippen LogP) is 1.87. The van der Waals surface area contributed by atoms with E-state index >= 15 is 0 Å². The Balaban J connectivity index is 2.07. The van der Waals surface area contributed by atoms with E-state index in [0.29, 0.717) is 22.5 Å². The van der Waals surface area contributed by atoms with Crippen molar-refractivity contribution in [1.82, 2.24) is 10.3 Å². The zero-order chi connectivity index (χ0) is 10.1. The van der Waals surface area contributed by atoms with Gasteiger partial charge in [0.2, 0.25) is 0 Å². The summed E-state index contributed by atoms with van der Waals surface area (Å²) in [6, 6.07) is 1.96. The number of nitrogens with zero attached hydrogens (tertiary/aromatic N) is 1. The zero-order valence-electron chi connectivity index (χ0n) is 7.83. The van der Waals surface area contributed by atoms with Gasteiger partial charge in [-0.1, -0.05) is 18.5 Å². The molecule has 1 heterocycles. The maximum Gasteiger partial charge on any atom is 0.253 e. The third kappa shape index (κ3) is 1.87. The molecule has 1 amide bonds. The largest absolute Gasteiger partial charge is 0.349 e. The Kier molecular flexibility index (Phi) is 2.42. The second-order valence-corrected chi connectivity index (χ2v) is 4.06. The number of amides is 1. The summed E-state index contributed by atoms with van der Waals surface area (Å²) in [5.41, 5.74) is 0.501. The van der Waals surface area contributed by atoms with E-state index in [-0.39, 0.29) is 5.91 Å². The molecule has 0 spiro atoms. The average molecular weight is 211 g/mol. The molecular formula is C10H11ClN2O. The number of aromatic nitrogens is 1. The van der Waals surface area contributed by atoms with Crippen LogP contribution in [0.5, 0.6) is 0 Å². The molecule has 2 atom stereocenters. The van der Waals surface area contributed by atoms with Crippen LogP contribution in [0.2, 0.25) is 5.02 Å². The monoisotopic (exact) mass is 210 g/mol. The van der Waals surface area contributed by atoms with Gasteiger partial charge in [0.25, 0.3) is 5.91 Å². The van der Waals surface area contributed by atoms with E-state index in [1.807, 2.05) is 0 Å². The number of halogens is 1. The Morgan fingerprint density at radius 2 is 2.43 bits per heavy atom. The molecular weight excluding hydrogens is 200 g/mol. The minimum atomic E-state index is -0.105. The van der Waals surface area contributed by atoms with Crippen LogP contribution in [0, 0.1) is 5.92 Å². The van der Waals surface area contributed by atoms with Crippen molar-refractivity contribution >= 4 is 17.5 Å². The van der Waals surface area contributed by atoms with Crippen molar-refractivity contribution < 1.29 is 4.79 Å². The van der Waals surface area contributed by atoms with Crippen molar-refractivity contribution in [3.63, 3.8) is 0 Å². The van der Waals surface area contributed by atoms with Gasteiger partial charge in [-0.25, -0.2) is 0 Å². The molecule has 1 N–H and O–H groups in total. The number of pyridine rings is 1. The molecule has 1 aromatic rings. The summed E-state index contributed by atoms with van der Waals surface area (Å²) in [6.45, 7) is 2.11. The maximum absolute atomic E-state index is 11.6. The standard InChI is InChI=1S/C10H11ClN2O/c1-6-4-9(6)13-10(14)7-2-3-12-5-8(7)11/h2-3,5-6,9H,4H2,1H3,(H,13,14). The molecule has 1 fully saturated rings. The summed E-state index contributed by atoms with van der Waals surface area (Å²) in [5.74, 6) is 0.492. The predicted molar refractivity (Wildman–Crippen MR) is 54.3 cm³/mol. The van der Waals surface area contributed by atoms with Crippen LogP contribution in [0.4, 0.5) is 0 Å². The van der Waals surface area contributed by atoms with Crippen LogP contribution in [0.3, 0.4) is 0 Å². The topological polar surface area (TPSA) is 42.0 Å². The van der Waals surface area contributed by atoms with Crippen molar-refractivity contribution in [3.05, 3.63) is 29.0 Å². The molecule has 3 nitrogen and oxygen atoms in total. The molecule has 0 aromatic carbocycles. The number of hydrogen-bond donors (Lipinski definition) is 1. The minimum absolute atomic E-state index is 0.105. The fourth-order valence-electron chi connectivity index (χ4n) is 1.33. The van der Waals surface area contributed by atoms with E-state index in [2.05, 4.69) is 17.2 Å². The lowest BCUT2D eigenvalue weighted by atomic mass is 10.2. The molecule has 0 radical (unpaired) electrons. The van der Waals surface area contributed by atoms with Crippen molar-refractivity contribution in [2.45, 2.75) is 19.4 Å². The molecule has 0 saturated heterocycles. The highest BCUT2D eigenvalue weighted by atomic mass is 35.5. The van der Waals surface area contributed by atoms with Gasteiger partial charge in [0.15, 0.2) is 0 Å². The summed E-state index contributed by atoms with van der Waals surface area (Å²) in [6.07, 6.45) is 4.11. The first-order chi connectivity index (χ1) is 6.68. The number of nitrogens with one attached hydrogen (secondary N) is 1. The van der Waals surface area contributed by atoms with Gasteiger partial charge < -0.3 is 5.32 Å². The molecule has 0 bridgehead atoms. The van der Waals surface area contributed by atoms with Gasteiger partial charge >= 0.3 is 0 Å². The lowest BCUT2D eigenvalue weighted by Crippen LogP contribution is -2.26. The van der Waals surface area contributed by atoms with Crippen LogP contribution in [0.1, 0.15) is 23.7 Å². The first-order valence-corrected chi connectivity index (χ1v) is 4.96. The quantitative estimate of drug-likeness (QED) is 0.810. The molecule has 1 saturated carbocycles. The maximum atomic E-state index is 11.6. The Morgan fingerprint density at radius 3 is 3.00 bits per heavy atom. The molecule has 1 aliphatic carbocycles. The highest BCUT2D eigenvalue weighted by Crippen LogP contribution is 2.29. The van der Waals surface area contributed by atoms with Crippen LogP contribution in [-0.4, -0.2) is 16.9 Å². The minimum Gasteiger partial charge on any atom is -0.349 e. The van der Waals surface area contributed by atoms with Gasteiger partial charge in [-0.15, -0.1) is 0 Å². The Labute approximate surface area is 87.5 Å². The Morgan fingerprint density at radius 1 is 1.71 bits per heavy atom. The summed E-state index contributed by atoms with van der Waals surface area (Å²) in [5, 5.41) is 3.31. The summed E-state index contributed by atoms with van der Waals surface area (Å²) < 4.78 is 0. The zero-order valence-corrected chi connectivity index (χ0v) is 8.58. The highest BCUT2D eigenvalue weighted by Gasteiger charge is 2.34. The fourth-order valence-corrected chi connectivity index (χ4v) is 1.53. The van der Waals surface area contributed by atoms with Crippen LogP contribution in [-0.2, 0) is 0 Å². The van der Waals surface area contributed by atoms with Gasteiger partial charge in [-0.2, -0.15) is 0 Å². The molecule has 0 aliphatic heterocycles. The average Bonchev–Trinajstić information content (AvgIpc) is 2.82. The van der Waals surface area contributed by atoms with E-state index < -0.39 is 0 Å². The van der Waals surface area contributed by atoms with Crippen LogP contribution < -0.4 is 5.32 Å². The van der Waals surface area contributed by atoms with Gasteiger partial charge in [-0.3, -0.25) is 9.78 Å². The number of carbonyl (C=O) groups excluding carboxylic acids is 1. The molecule has 74 valence electrons. The highest BCUT2D eigenvalue weighted by molar-refractivity contribution is 6.33. The number of hydrogen-bond acceptors (Lipinski definition) is 2. The van der Waals surface area contributed by atoms with Crippen molar-refractivity contribution in [3.8, 4) is 0 Å². The number of rotatable bonds is 2. The van der Waals surface area contributed by atoms with Crippen LogP contribution in [0.25, 0.3) is 0 Å². The second kappa shape index (κ2) is 3.58. The van der Waals surface area contributed by atoms with Gasteiger partial charge in [0.05, 0.1) is 10.6 Å². The molecule has 2 rings (SSSR count). The smallest absolute Gasteiger partial charge is 0.253 e. The third-order valence-corrected chi connectivity index (χ3v) is 2.74. The molecule has 14 heavy (non-hydrogen) atoms. The van der Waals surface area contributed by atoms with E-state index in [1.165, 1.54) is 6.20 Å². The summed E-state index contributed by atoms with van der Waals surface area (Å²) in [7, 11) is 0. The van der Waals surface area contributed by atoms with E-state index in [1.54, 1.807) is 12.3 Å². The molecule has 1 aliphatic rings. The Bertz CT molecular complexity index is 367. The summed E-state index contributed by atoms with van der Waals surface area (Å²) >= 11 is 5.84. The van der Waals surface area contributed by atoms with Crippen LogP contribution in [0.15, 0.2) is 18.5 Å². The molecule has 1 aromatic heterocycles. The summed E-state index contributed by atoms with van der Waals surface area (Å²) in [4.78, 5) is 15.5. The first-order valence-electron chi connectivity index (χ1n) is 4.59. The third-order valence-electron chi connectivity index (χ3n) is 2.44. The van der Waals surface area contributed by atoms with E-state index in [9.17, 15) is 4.79 Å². The second-order valence-electron chi connectivity index (χ2n) is 3.65. The van der Waals surface area contributed by atoms with E-state index in [0.717, 1.165) is 6.42 Å². The molecule has 4 heteroatoms. The van der Waals surface area contributed by atoms with E-state index in [4.69, 9.17) is 11.6 Å². The first kappa shape index (κ1) is 9.46. The van der Waals surface area contributed by atoms with Crippen LogP contribution >= 0.6 is 11.6 Å².